The number of aryl methyl sites for hydroxylation is 2. The molecule has 4 nitrogen and oxygen atoms in total. The van der Waals surface area contributed by atoms with Gasteiger partial charge in [0.2, 0.25) is 0 Å². The summed E-state index contributed by atoms with van der Waals surface area (Å²) in [5.74, 6) is 0. The van der Waals surface area contributed by atoms with Gasteiger partial charge in [-0.05, 0) is 30.4 Å². The zero-order valence-corrected chi connectivity index (χ0v) is 11.9. The number of benzene rings is 1. The molecule has 0 saturated carbocycles. The molecular formula is C12H11BrN4S. The van der Waals surface area contributed by atoms with Crippen molar-refractivity contribution in [1.82, 2.24) is 19.1 Å². The summed E-state index contributed by atoms with van der Waals surface area (Å²) in [6.07, 6.45) is 5.55. The van der Waals surface area contributed by atoms with E-state index in [2.05, 4.69) is 36.5 Å². The number of rotatable bonds is 3. The lowest BCUT2D eigenvalue weighted by molar-refractivity contribution is 0.584. The minimum atomic E-state index is 0.753. The predicted octanol–water partition coefficient (Wildman–Crippen LogP) is 3.36. The van der Waals surface area contributed by atoms with Gasteiger partial charge in [-0.3, -0.25) is 0 Å². The first-order valence-corrected chi connectivity index (χ1v) is 6.78. The molecule has 6 heteroatoms. The lowest BCUT2D eigenvalue weighted by atomic mass is 10.3. The highest BCUT2D eigenvalue weighted by Crippen LogP contribution is 2.19. The van der Waals surface area contributed by atoms with E-state index in [0.29, 0.717) is 0 Å². The van der Waals surface area contributed by atoms with Gasteiger partial charge in [0, 0.05) is 30.0 Å². The summed E-state index contributed by atoms with van der Waals surface area (Å²) in [5, 5.41) is 0. The number of hydrogen-bond acceptors (Lipinski definition) is 2. The number of H-pyrrole nitrogens is 1. The van der Waals surface area contributed by atoms with Crippen LogP contribution in [0.4, 0.5) is 0 Å². The molecule has 2 heterocycles. The van der Waals surface area contributed by atoms with E-state index in [1.165, 1.54) is 0 Å². The van der Waals surface area contributed by atoms with Gasteiger partial charge in [0.05, 0.1) is 17.4 Å². The zero-order valence-electron chi connectivity index (χ0n) is 9.51. The van der Waals surface area contributed by atoms with Crippen LogP contribution >= 0.6 is 28.1 Å². The first-order valence-electron chi connectivity index (χ1n) is 5.58. The third kappa shape index (κ3) is 2.13. The fourth-order valence-corrected chi connectivity index (χ4v) is 2.65. The standard InChI is InChI=1S/C12H11BrN4S/c13-9-1-2-11-10(7-9)15-12(18)17(11)6-5-16-4-3-14-8-16/h1-4,7-8H,5-6H2,(H,15,18). The molecule has 0 saturated heterocycles. The van der Waals surface area contributed by atoms with Crippen LogP contribution in [0.5, 0.6) is 0 Å². The first-order chi connectivity index (χ1) is 8.74. The van der Waals surface area contributed by atoms with E-state index in [1.54, 1.807) is 6.20 Å². The van der Waals surface area contributed by atoms with Crippen LogP contribution in [0, 0.1) is 4.77 Å². The normalized spacial score (nSPS) is 11.2. The van der Waals surface area contributed by atoms with Crippen molar-refractivity contribution in [2.45, 2.75) is 13.1 Å². The van der Waals surface area contributed by atoms with Crippen molar-refractivity contribution in [3.8, 4) is 0 Å². The number of aromatic nitrogens is 4. The topological polar surface area (TPSA) is 38.5 Å². The van der Waals surface area contributed by atoms with Crippen molar-refractivity contribution >= 4 is 39.2 Å². The molecule has 0 spiro atoms. The van der Waals surface area contributed by atoms with Crippen LogP contribution in [0.1, 0.15) is 0 Å². The lowest BCUT2D eigenvalue weighted by Crippen LogP contribution is -2.05. The smallest absolute Gasteiger partial charge is 0.178 e. The number of nitrogens with one attached hydrogen (secondary N) is 1. The van der Waals surface area contributed by atoms with Crippen molar-refractivity contribution < 1.29 is 0 Å². The van der Waals surface area contributed by atoms with Crippen LogP contribution in [0.25, 0.3) is 11.0 Å². The van der Waals surface area contributed by atoms with E-state index in [0.717, 1.165) is 33.4 Å². The van der Waals surface area contributed by atoms with Crippen molar-refractivity contribution in [3.05, 3.63) is 46.2 Å². The third-order valence-corrected chi connectivity index (χ3v) is 3.69. The number of hydrogen-bond donors (Lipinski definition) is 1. The number of fused-ring (bicyclic) bond motifs is 1. The summed E-state index contributed by atoms with van der Waals surface area (Å²) in [5.41, 5.74) is 2.18. The Labute approximate surface area is 117 Å². The molecule has 3 rings (SSSR count). The Kier molecular flexibility index (Phi) is 3.05. The maximum atomic E-state index is 5.36. The number of aromatic amines is 1. The van der Waals surface area contributed by atoms with Crippen LogP contribution in [-0.4, -0.2) is 19.1 Å². The minimum Gasteiger partial charge on any atom is -0.336 e. The van der Waals surface area contributed by atoms with Crippen molar-refractivity contribution in [3.63, 3.8) is 0 Å². The Balaban J connectivity index is 1.96. The van der Waals surface area contributed by atoms with E-state index < -0.39 is 0 Å². The van der Waals surface area contributed by atoms with Crippen LogP contribution in [-0.2, 0) is 13.1 Å². The molecule has 0 atom stereocenters. The van der Waals surface area contributed by atoms with E-state index >= 15 is 0 Å². The monoisotopic (exact) mass is 322 g/mol. The molecule has 92 valence electrons. The van der Waals surface area contributed by atoms with Crippen molar-refractivity contribution in [2.75, 3.05) is 0 Å². The fourth-order valence-electron chi connectivity index (χ4n) is 1.99. The predicted molar refractivity (Wildman–Crippen MR) is 77.0 cm³/mol. The highest BCUT2D eigenvalue weighted by Gasteiger charge is 2.04. The summed E-state index contributed by atoms with van der Waals surface area (Å²) >= 11 is 8.82. The Morgan fingerprint density at radius 3 is 3.00 bits per heavy atom. The van der Waals surface area contributed by atoms with E-state index in [9.17, 15) is 0 Å². The molecular weight excluding hydrogens is 312 g/mol. The SMILES string of the molecule is S=c1[nH]c2cc(Br)ccc2n1CCn1ccnc1. The second-order valence-electron chi connectivity index (χ2n) is 4.04. The van der Waals surface area contributed by atoms with Gasteiger partial charge in [-0.25, -0.2) is 4.98 Å². The van der Waals surface area contributed by atoms with Crippen LogP contribution in [0.2, 0.25) is 0 Å². The quantitative estimate of drug-likeness (QED) is 0.751. The molecule has 0 unspecified atom stereocenters. The molecule has 3 aromatic rings. The van der Waals surface area contributed by atoms with Gasteiger partial charge in [-0.1, -0.05) is 15.9 Å². The maximum absolute atomic E-state index is 5.36. The minimum absolute atomic E-state index is 0.753. The zero-order chi connectivity index (χ0) is 12.5. The van der Waals surface area contributed by atoms with E-state index in [-0.39, 0.29) is 0 Å². The number of nitrogens with zero attached hydrogens (tertiary/aromatic N) is 3. The molecule has 18 heavy (non-hydrogen) atoms. The Morgan fingerprint density at radius 1 is 1.33 bits per heavy atom. The van der Waals surface area contributed by atoms with E-state index in [1.807, 2.05) is 29.2 Å². The van der Waals surface area contributed by atoms with Gasteiger partial charge in [-0.2, -0.15) is 0 Å². The van der Waals surface area contributed by atoms with Crippen molar-refractivity contribution in [2.24, 2.45) is 0 Å². The summed E-state index contributed by atoms with van der Waals surface area (Å²) in [6.45, 7) is 1.69. The molecule has 0 radical (unpaired) electrons. The maximum Gasteiger partial charge on any atom is 0.178 e. The Hall–Kier alpha value is -1.40. The average Bonchev–Trinajstić information content (AvgIpc) is 2.93. The average molecular weight is 323 g/mol. The molecule has 1 aromatic carbocycles. The van der Waals surface area contributed by atoms with Crippen LogP contribution in [0.3, 0.4) is 0 Å². The Bertz CT molecular complexity index is 726. The summed E-state index contributed by atoms with van der Waals surface area (Å²) in [4.78, 5) is 7.25. The third-order valence-electron chi connectivity index (χ3n) is 2.88. The van der Waals surface area contributed by atoms with Gasteiger partial charge in [0.1, 0.15) is 0 Å². The first kappa shape index (κ1) is 11.7. The molecule has 0 fully saturated rings. The van der Waals surface area contributed by atoms with Gasteiger partial charge >= 0.3 is 0 Å². The summed E-state index contributed by atoms with van der Waals surface area (Å²) in [6, 6.07) is 6.14. The number of imidazole rings is 2. The summed E-state index contributed by atoms with van der Waals surface area (Å²) < 4.78 is 5.95. The molecule has 1 N–H and O–H groups in total. The van der Waals surface area contributed by atoms with Gasteiger partial charge < -0.3 is 14.1 Å². The van der Waals surface area contributed by atoms with Gasteiger partial charge in [-0.15, -0.1) is 0 Å². The van der Waals surface area contributed by atoms with Gasteiger partial charge in [0.15, 0.2) is 4.77 Å². The van der Waals surface area contributed by atoms with Crippen LogP contribution < -0.4 is 0 Å². The second kappa shape index (κ2) is 4.70. The van der Waals surface area contributed by atoms with Crippen molar-refractivity contribution in [1.29, 1.82) is 0 Å². The molecule has 0 bridgehead atoms. The Morgan fingerprint density at radius 2 is 2.22 bits per heavy atom. The lowest BCUT2D eigenvalue weighted by Gasteiger charge is -2.05. The number of halogens is 1. The van der Waals surface area contributed by atoms with Crippen LogP contribution in [0.15, 0.2) is 41.4 Å². The fraction of sp³-hybridized carbons (Fsp3) is 0.167. The van der Waals surface area contributed by atoms with Gasteiger partial charge in [0.25, 0.3) is 0 Å². The molecule has 0 aliphatic rings. The highest BCUT2D eigenvalue weighted by molar-refractivity contribution is 9.10. The molecule has 0 aliphatic heterocycles. The highest BCUT2D eigenvalue weighted by atomic mass is 79.9. The molecule has 2 aromatic heterocycles. The second-order valence-corrected chi connectivity index (χ2v) is 5.35. The molecule has 0 amide bonds. The van der Waals surface area contributed by atoms with E-state index in [4.69, 9.17) is 12.2 Å². The molecule has 0 aliphatic carbocycles. The summed E-state index contributed by atoms with van der Waals surface area (Å²) in [7, 11) is 0. The largest absolute Gasteiger partial charge is 0.336 e.